The summed E-state index contributed by atoms with van der Waals surface area (Å²) < 4.78 is 1.62. The molecule has 3 N–H and O–H groups in total. The highest BCUT2D eigenvalue weighted by atomic mass is 16.3. The number of phenolic OH excluding ortho intramolecular Hbond substituents is 1. The zero-order valence-electron chi connectivity index (χ0n) is 10.8. The Morgan fingerprint density at radius 1 is 1.25 bits per heavy atom. The molecule has 0 saturated carbocycles. The van der Waals surface area contributed by atoms with Crippen molar-refractivity contribution >= 4 is 17.2 Å². The Hall–Kier alpha value is -2.96. The van der Waals surface area contributed by atoms with Crippen LogP contribution in [0, 0.1) is 0 Å². The molecule has 0 aliphatic carbocycles. The van der Waals surface area contributed by atoms with E-state index in [0.717, 1.165) is 16.9 Å². The van der Waals surface area contributed by atoms with Gasteiger partial charge in [0.15, 0.2) is 5.82 Å². The van der Waals surface area contributed by atoms with Crippen LogP contribution in [0.2, 0.25) is 0 Å². The lowest BCUT2D eigenvalue weighted by Gasteiger charge is -2.02. The first kappa shape index (κ1) is 12.1. The van der Waals surface area contributed by atoms with Crippen LogP contribution in [-0.2, 0) is 0 Å². The summed E-state index contributed by atoms with van der Waals surface area (Å²) in [6.45, 7) is 1.88. The van der Waals surface area contributed by atoms with E-state index < -0.39 is 0 Å². The molecule has 0 aliphatic rings. The fourth-order valence-corrected chi connectivity index (χ4v) is 1.73. The Morgan fingerprint density at radius 2 is 2.05 bits per heavy atom. The van der Waals surface area contributed by atoms with Crippen molar-refractivity contribution in [3.05, 3.63) is 48.3 Å². The number of hydrazone groups is 1. The van der Waals surface area contributed by atoms with Crippen molar-refractivity contribution in [2.75, 3.05) is 5.43 Å². The van der Waals surface area contributed by atoms with Crippen LogP contribution in [-0.4, -0.2) is 26.1 Å². The zero-order valence-corrected chi connectivity index (χ0v) is 10.8. The summed E-state index contributed by atoms with van der Waals surface area (Å²) >= 11 is 0. The van der Waals surface area contributed by atoms with Crippen molar-refractivity contribution in [3.8, 4) is 5.75 Å². The number of aromatic amines is 1. The molecular formula is C13H13N6O+. The maximum Gasteiger partial charge on any atom is 0.325 e. The summed E-state index contributed by atoms with van der Waals surface area (Å²) in [5.41, 5.74) is 5.34. The molecule has 3 rings (SSSR count). The summed E-state index contributed by atoms with van der Waals surface area (Å²) in [5.74, 6) is 0.847. The van der Waals surface area contributed by atoms with Gasteiger partial charge < -0.3 is 5.11 Å². The maximum atomic E-state index is 9.25. The predicted octanol–water partition coefficient (Wildman–Crippen LogP) is 1.09. The van der Waals surface area contributed by atoms with Crippen LogP contribution < -0.4 is 9.94 Å². The molecule has 3 aromatic rings. The fourth-order valence-electron chi connectivity index (χ4n) is 1.73. The number of hydrogen-bond donors (Lipinski definition) is 3. The first-order valence-electron chi connectivity index (χ1n) is 6.04. The highest BCUT2D eigenvalue weighted by molar-refractivity contribution is 5.99. The molecule has 0 atom stereocenters. The quantitative estimate of drug-likeness (QED) is 0.377. The molecule has 0 unspecified atom stereocenters. The van der Waals surface area contributed by atoms with Crippen LogP contribution in [0.4, 0.5) is 5.82 Å². The van der Waals surface area contributed by atoms with Crippen molar-refractivity contribution in [2.24, 2.45) is 5.10 Å². The SMILES string of the molecule is CC(=NNc1ccc2n[nH]c[n+]2n1)c1ccc(O)cc1. The van der Waals surface area contributed by atoms with Crippen molar-refractivity contribution in [2.45, 2.75) is 6.92 Å². The smallest absolute Gasteiger partial charge is 0.325 e. The minimum absolute atomic E-state index is 0.234. The first-order chi connectivity index (χ1) is 9.72. The van der Waals surface area contributed by atoms with Crippen LogP contribution >= 0.6 is 0 Å². The number of phenols is 1. The molecule has 2 heterocycles. The second-order valence-corrected chi connectivity index (χ2v) is 4.25. The van der Waals surface area contributed by atoms with Crippen molar-refractivity contribution < 1.29 is 9.62 Å². The molecule has 0 fully saturated rings. The molecule has 0 amide bonds. The third-order valence-corrected chi connectivity index (χ3v) is 2.82. The summed E-state index contributed by atoms with van der Waals surface area (Å²) in [5, 5.41) is 24.5. The molecule has 1 aromatic carbocycles. The number of nitrogens with one attached hydrogen (secondary N) is 2. The predicted molar refractivity (Wildman–Crippen MR) is 73.5 cm³/mol. The number of anilines is 1. The maximum absolute atomic E-state index is 9.25. The van der Waals surface area contributed by atoms with Gasteiger partial charge in [0.25, 0.3) is 0 Å². The van der Waals surface area contributed by atoms with E-state index in [4.69, 9.17) is 0 Å². The molecule has 0 saturated heterocycles. The van der Waals surface area contributed by atoms with E-state index in [1.54, 1.807) is 41.2 Å². The lowest BCUT2D eigenvalue weighted by molar-refractivity contribution is -0.579. The third kappa shape index (κ3) is 2.41. The van der Waals surface area contributed by atoms with Crippen molar-refractivity contribution in [3.63, 3.8) is 0 Å². The molecule has 0 radical (unpaired) electrons. The third-order valence-electron chi connectivity index (χ3n) is 2.82. The average molecular weight is 269 g/mol. The first-order valence-corrected chi connectivity index (χ1v) is 6.04. The van der Waals surface area contributed by atoms with Gasteiger partial charge in [-0.15, -0.1) is 9.61 Å². The molecule has 7 heteroatoms. The van der Waals surface area contributed by atoms with Gasteiger partial charge in [-0.05, 0) is 42.8 Å². The van der Waals surface area contributed by atoms with Gasteiger partial charge in [0.05, 0.1) is 5.71 Å². The Balaban J connectivity index is 1.80. The van der Waals surface area contributed by atoms with E-state index in [-0.39, 0.29) is 5.75 Å². The highest BCUT2D eigenvalue weighted by Crippen LogP contribution is 2.10. The van der Waals surface area contributed by atoms with Gasteiger partial charge >= 0.3 is 5.65 Å². The van der Waals surface area contributed by atoms with Gasteiger partial charge in [-0.3, -0.25) is 5.43 Å². The van der Waals surface area contributed by atoms with Gasteiger partial charge in [0.1, 0.15) is 5.75 Å². The Bertz CT molecular complexity index is 762. The Labute approximate surface area is 114 Å². The van der Waals surface area contributed by atoms with E-state index in [1.807, 2.05) is 13.0 Å². The number of nitrogens with zero attached hydrogens (tertiary/aromatic N) is 4. The number of hydrogen-bond acceptors (Lipinski definition) is 5. The number of rotatable bonds is 3. The molecular weight excluding hydrogens is 256 g/mol. The largest absolute Gasteiger partial charge is 0.508 e. The van der Waals surface area contributed by atoms with E-state index in [0.29, 0.717) is 5.82 Å². The second kappa shape index (κ2) is 4.96. The van der Waals surface area contributed by atoms with E-state index in [1.165, 1.54) is 0 Å². The van der Waals surface area contributed by atoms with Gasteiger partial charge in [-0.2, -0.15) is 5.10 Å². The van der Waals surface area contributed by atoms with Gasteiger partial charge in [0.2, 0.25) is 6.33 Å². The molecule has 0 spiro atoms. The highest BCUT2D eigenvalue weighted by Gasteiger charge is 2.05. The minimum Gasteiger partial charge on any atom is -0.508 e. The molecule has 2 aromatic heterocycles. The summed E-state index contributed by atoms with van der Waals surface area (Å²) in [4.78, 5) is 0. The number of aromatic hydroxyl groups is 1. The molecule has 0 bridgehead atoms. The van der Waals surface area contributed by atoms with Crippen molar-refractivity contribution in [1.29, 1.82) is 0 Å². The topological polar surface area (TPSA) is 90.3 Å². The lowest BCUT2D eigenvalue weighted by atomic mass is 10.1. The van der Waals surface area contributed by atoms with Crippen LogP contribution in [0.3, 0.4) is 0 Å². The standard InChI is InChI=1S/C13H12N6O/c1-9(10-2-4-11(20)5-3-10)15-16-12-6-7-13-17-14-8-19(13)18-12/h2-8H,1H3,(H2,15,16,17,18,20)/p+1. The van der Waals surface area contributed by atoms with Crippen LogP contribution in [0.5, 0.6) is 5.75 Å². The van der Waals surface area contributed by atoms with Crippen molar-refractivity contribution in [1.82, 2.24) is 15.3 Å². The number of fused-ring (bicyclic) bond motifs is 1. The molecule has 20 heavy (non-hydrogen) atoms. The molecule has 7 nitrogen and oxygen atoms in total. The van der Waals surface area contributed by atoms with Gasteiger partial charge in [-0.25, -0.2) is 0 Å². The van der Waals surface area contributed by atoms with E-state index in [9.17, 15) is 5.11 Å². The number of benzene rings is 1. The fraction of sp³-hybridized carbons (Fsp3) is 0.0769. The lowest BCUT2D eigenvalue weighted by Crippen LogP contribution is -2.24. The normalized spacial score (nSPS) is 11.8. The summed E-state index contributed by atoms with van der Waals surface area (Å²) in [6, 6.07) is 10.5. The van der Waals surface area contributed by atoms with Crippen LogP contribution in [0.25, 0.3) is 5.65 Å². The van der Waals surface area contributed by atoms with Gasteiger partial charge in [-0.1, -0.05) is 5.10 Å². The Morgan fingerprint density at radius 3 is 2.85 bits per heavy atom. The summed E-state index contributed by atoms with van der Waals surface area (Å²) in [6.07, 6.45) is 1.65. The second-order valence-electron chi connectivity index (χ2n) is 4.25. The van der Waals surface area contributed by atoms with Gasteiger partial charge in [0, 0.05) is 11.2 Å². The van der Waals surface area contributed by atoms with Crippen LogP contribution in [0.15, 0.2) is 47.8 Å². The zero-order chi connectivity index (χ0) is 13.9. The number of H-pyrrole nitrogens is 1. The van der Waals surface area contributed by atoms with E-state index >= 15 is 0 Å². The Kier molecular flexibility index (Phi) is 3.00. The minimum atomic E-state index is 0.234. The summed E-state index contributed by atoms with van der Waals surface area (Å²) in [7, 11) is 0. The molecule has 100 valence electrons. The molecule has 0 aliphatic heterocycles. The number of aromatic nitrogens is 4. The average Bonchev–Trinajstić information content (AvgIpc) is 2.93. The van der Waals surface area contributed by atoms with Crippen LogP contribution in [0.1, 0.15) is 12.5 Å². The monoisotopic (exact) mass is 269 g/mol. The van der Waals surface area contributed by atoms with E-state index in [2.05, 4.69) is 25.8 Å².